The molecule has 19 heavy (non-hydrogen) atoms. The number of carboxylic acids is 1. The summed E-state index contributed by atoms with van der Waals surface area (Å²) < 4.78 is 4.98. The van der Waals surface area contributed by atoms with Gasteiger partial charge >= 0.3 is 12.0 Å². The van der Waals surface area contributed by atoms with Crippen molar-refractivity contribution in [2.45, 2.75) is 13.0 Å². The van der Waals surface area contributed by atoms with Gasteiger partial charge in [-0.3, -0.25) is 0 Å². The third-order valence-electron chi connectivity index (χ3n) is 2.41. The maximum Gasteiger partial charge on any atom is 0.337 e. The molecule has 2 amide bonds. The molecule has 0 radical (unpaired) electrons. The Hall–Kier alpha value is -1.79. The van der Waals surface area contributed by atoms with E-state index in [0.717, 1.165) is 0 Å². The van der Waals surface area contributed by atoms with Gasteiger partial charge in [0.1, 0.15) is 0 Å². The summed E-state index contributed by atoms with van der Waals surface area (Å²) >= 11 is 5.72. The van der Waals surface area contributed by atoms with E-state index in [9.17, 15) is 9.59 Å². The lowest BCUT2D eigenvalue weighted by atomic mass is 10.2. The van der Waals surface area contributed by atoms with E-state index < -0.39 is 12.0 Å². The average molecular weight is 287 g/mol. The minimum Gasteiger partial charge on any atom is -0.478 e. The summed E-state index contributed by atoms with van der Waals surface area (Å²) in [6, 6.07) is 3.79. The lowest BCUT2D eigenvalue weighted by Crippen LogP contribution is -2.34. The predicted molar refractivity (Wildman–Crippen MR) is 71.9 cm³/mol. The summed E-state index contributed by atoms with van der Waals surface area (Å²) in [4.78, 5) is 22.4. The second-order valence-electron chi connectivity index (χ2n) is 3.88. The SMILES string of the molecule is COC(C)CNC(=O)Nc1ccc(Cl)c(C(=O)O)c1. The third kappa shape index (κ3) is 4.76. The van der Waals surface area contributed by atoms with Crippen molar-refractivity contribution in [1.82, 2.24) is 5.32 Å². The Balaban J connectivity index is 2.64. The van der Waals surface area contributed by atoms with Crippen LogP contribution >= 0.6 is 11.6 Å². The van der Waals surface area contributed by atoms with Crippen LogP contribution < -0.4 is 10.6 Å². The fraction of sp³-hybridized carbons (Fsp3) is 0.333. The van der Waals surface area contributed by atoms with Crippen molar-refractivity contribution in [2.75, 3.05) is 19.0 Å². The Kier molecular flexibility index (Phi) is 5.59. The molecule has 0 saturated carbocycles. The first-order chi connectivity index (χ1) is 8.93. The maximum absolute atomic E-state index is 11.5. The summed E-state index contributed by atoms with van der Waals surface area (Å²) in [5.41, 5.74) is 0.286. The summed E-state index contributed by atoms with van der Waals surface area (Å²) in [6.07, 6.45) is -0.106. The molecule has 3 N–H and O–H groups in total. The van der Waals surface area contributed by atoms with Crippen molar-refractivity contribution in [3.8, 4) is 0 Å². The van der Waals surface area contributed by atoms with Gasteiger partial charge in [0.25, 0.3) is 0 Å². The van der Waals surface area contributed by atoms with Gasteiger partial charge in [-0.2, -0.15) is 0 Å². The number of urea groups is 1. The van der Waals surface area contributed by atoms with Crippen molar-refractivity contribution >= 4 is 29.3 Å². The molecule has 0 heterocycles. The van der Waals surface area contributed by atoms with Crippen molar-refractivity contribution < 1.29 is 19.4 Å². The summed E-state index contributed by atoms with van der Waals surface area (Å²) in [7, 11) is 1.54. The fourth-order valence-corrected chi connectivity index (χ4v) is 1.46. The smallest absolute Gasteiger partial charge is 0.337 e. The highest BCUT2D eigenvalue weighted by molar-refractivity contribution is 6.33. The van der Waals surface area contributed by atoms with Crippen LogP contribution in [0.25, 0.3) is 0 Å². The molecule has 7 heteroatoms. The molecule has 1 rings (SSSR count). The largest absolute Gasteiger partial charge is 0.478 e. The summed E-state index contributed by atoms with van der Waals surface area (Å²) in [6.45, 7) is 2.16. The number of rotatable bonds is 5. The van der Waals surface area contributed by atoms with E-state index in [1.807, 2.05) is 6.92 Å². The van der Waals surface area contributed by atoms with Crippen LogP contribution in [0.5, 0.6) is 0 Å². The third-order valence-corrected chi connectivity index (χ3v) is 2.74. The van der Waals surface area contributed by atoms with Gasteiger partial charge in [0.2, 0.25) is 0 Å². The van der Waals surface area contributed by atoms with Crippen LogP contribution in [0, 0.1) is 0 Å². The molecule has 0 bridgehead atoms. The predicted octanol–water partition coefficient (Wildman–Crippen LogP) is 2.19. The fourth-order valence-electron chi connectivity index (χ4n) is 1.26. The second-order valence-corrected chi connectivity index (χ2v) is 4.29. The van der Waals surface area contributed by atoms with Crippen molar-refractivity contribution in [3.05, 3.63) is 28.8 Å². The van der Waals surface area contributed by atoms with Crippen LogP contribution in [0.3, 0.4) is 0 Å². The number of ether oxygens (including phenoxy) is 1. The molecule has 0 aliphatic heterocycles. The van der Waals surface area contributed by atoms with Crippen molar-refractivity contribution in [2.24, 2.45) is 0 Å². The monoisotopic (exact) mass is 286 g/mol. The number of anilines is 1. The van der Waals surface area contributed by atoms with E-state index in [2.05, 4.69) is 10.6 Å². The van der Waals surface area contributed by atoms with E-state index in [1.165, 1.54) is 18.2 Å². The first kappa shape index (κ1) is 15.3. The highest BCUT2D eigenvalue weighted by Gasteiger charge is 2.11. The molecule has 0 aliphatic carbocycles. The second kappa shape index (κ2) is 6.96. The topological polar surface area (TPSA) is 87.7 Å². The average Bonchev–Trinajstić information content (AvgIpc) is 2.37. The highest BCUT2D eigenvalue weighted by Crippen LogP contribution is 2.20. The van der Waals surface area contributed by atoms with Gasteiger partial charge < -0.3 is 20.5 Å². The quantitative estimate of drug-likeness (QED) is 0.774. The van der Waals surface area contributed by atoms with Gasteiger partial charge in [0, 0.05) is 19.3 Å². The summed E-state index contributed by atoms with van der Waals surface area (Å²) in [5, 5.41) is 14.1. The minimum atomic E-state index is -1.15. The number of nitrogens with one attached hydrogen (secondary N) is 2. The van der Waals surface area contributed by atoms with Gasteiger partial charge in [0.05, 0.1) is 16.7 Å². The number of halogens is 1. The van der Waals surface area contributed by atoms with Gasteiger partial charge in [-0.25, -0.2) is 9.59 Å². The lowest BCUT2D eigenvalue weighted by Gasteiger charge is -2.12. The molecule has 0 spiro atoms. The van der Waals surface area contributed by atoms with Gasteiger partial charge in [-0.1, -0.05) is 11.6 Å². The standard InChI is InChI=1S/C12H15ClN2O4/c1-7(19-2)6-14-12(18)15-8-3-4-10(13)9(5-8)11(16)17/h3-5,7H,6H2,1-2H3,(H,16,17)(H2,14,15,18). The number of hydrogen-bond acceptors (Lipinski definition) is 3. The van der Waals surface area contributed by atoms with Crippen LogP contribution in [0.1, 0.15) is 17.3 Å². The van der Waals surface area contributed by atoms with E-state index in [-0.39, 0.29) is 16.7 Å². The van der Waals surface area contributed by atoms with Crippen LogP contribution in [0.2, 0.25) is 5.02 Å². The minimum absolute atomic E-state index is 0.0651. The van der Waals surface area contributed by atoms with Gasteiger partial charge in [0.15, 0.2) is 0 Å². The molecular formula is C12H15ClN2O4. The van der Waals surface area contributed by atoms with E-state index >= 15 is 0 Å². The van der Waals surface area contributed by atoms with E-state index in [4.69, 9.17) is 21.4 Å². The van der Waals surface area contributed by atoms with Gasteiger partial charge in [-0.15, -0.1) is 0 Å². The molecule has 1 unspecified atom stereocenters. The molecule has 1 aromatic carbocycles. The van der Waals surface area contributed by atoms with E-state index in [0.29, 0.717) is 12.2 Å². The molecule has 0 aromatic heterocycles. The number of hydrogen-bond donors (Lipinski definition) is 3. The highest BCUT2D eigenvalue weighted by atomic mass is 35.5. The first-order valence-electron chi connectivity index (χ1n) is 5.54. The van der Waals surface area contributed by atoms with Crippen LogP contribution in [0.15, 0.2) is 18.2 Å². The Labute approximate surface area is 115 Å². The maximum atomic E-state index is 11.5. The zero-order valence-electron chi connectivity index (χ0n) is 10.6. The molecule has 0 aliphatic rings. The Morgan fingerprint density at radius 2 is 2.16 bits per heavy atom. The number of aromatic carboxylic acids is 1. The molecule has 1 atom stereocenters. The van der Waals surface area contributed by atoms with Crippen LogP contribution in [-0.2, 0) is 4.74 Å². The number of methoxy groups -OCH3 is 1. The lowest BCUT2D eigenvalue weighted by molar-refractivity contribution is 0.0697. The molecular weight excluding hydrogens is 272 g/mol. The zero-order valence-corrected chi connectivity index (χ0v) is 11.3. The van der Waals surface area contributed by atoms with Gasteiger partial charge in [-0.05, 0) is 25.1 Å². The normalized spacial score (nSPS) is 11.7. The number of carboxylic acid groups (broad SMARTS) is 1. The van der Waals surface area contributed by atoms with Crippen LogP contribution in [-0.4, -0.2) is 36.9 Å². The zero-order chi connectivity index (χ0) is 14.4. The first-order valence-corrected chi connectivity index (χ1v) is 5.92. The number of amides is 2. The molecule has 104 valence electrons. The van der Waals surface area contributed by atoms with Crippen molar-refractivity contribution in [3.63, 3.8) is 0 Å². The molecule has 1 aromatic rings. The number of carbonyl (C=O) groups is 2. The molecule has 6 nitrogen and oxygen atoms in total. The Morgan fingerprint density at radius 3 is 2.74 bits per heavy atom. The molecule has 0 fully saturated rings. The Bertz CT molecular complexity index is 479. The number of benzene rings is 1. The summed E-state index contributed by atoms with van der Waals surface area (Å²) in [5.74, 6) is -1.15. The number of carbonyl (C=O) groups excluding carboxylic acids is 1. The molecule has 0 saturated heterocycles. The van der Waals surface area contributed by atoms with Crippen LogP contribution in [0.4, 0.5) is 10.5 Å². The van der Waals surface area contributed by atoms with E-state index in [1.54, 1.807) is 7.11 Å². The van der Waals surface area contributed by atoms with Crippen molar-refractivity contribution in [1.29, 1.82) is 0 Å². The Morgan fingerprint density at radius 1 is 1.47 bits per heavy atom.